The fourth-order valence-electron chi connectivity index (χ4n) is 0.937. The van der Waals surface area contributed by atoms with Crippen LogP contribution in [0.1, 0.15) is 27.7 Å². The zero-order valence-electron chi connectivity index (χ0n) is 8.72. The molecule has 0 saturated carbocycles. The number of aliphatic hydroxyl groups is 1. The van der Waals surface area contributed by atoms with Crippen molar-refractivity contribution >= 4 is 0 Å². The summed E-state index contributed by atoms with van der Waals surface area (Å²) < 4.78 is 5.63. The molecule has 2 atom stereocenters. The van der Waals surface area contributed by atoms with E-state index >= 15 is 0 Å². The van der Waals surface area contributed by atoms with Gasteiger partial charge in [0.2, 0.25) is 0 Å². The summed E-state index contributed by atoms with van der Waals surface area (Å²) in [5.74, 6) is 0. The summed E-state index contributed by atoms with van der Waals surface area (Å²) >= 11 is 0. The highest BCUT2D eigenvalue weighted by Crippen LogP contribution is 2.12. The van der Waals surface area contributed by atoms with E-state index in [0.717, 1.165) is 0 Å². The van der Waals surface area contributed by atoms with Crippen molar-refractivity contribution in [2.75, 3.05) is 13.7 Å². The monoisotopic (exact) mass is 175 g/mol. The number of ether oxygens (including phenoxy) is 1. The van der Waals surface area contributed by atoms with Crippen molar-refractivity contribution in [1.82, 2.24) is 5.32 Å². The van der Waals surface area contributed by atoms with Crippen LogP contribution in [0.3, 0.4) is 0 Å². The standard InChI is InChI=1S/C9H21NO2/c1-7(10-5)8(6-11)12-9(2,3)4/h7-8,10-11H,6H2,1-5H3/t7-,8-/m1/s1. The van der Waals surface area contributed by atoms with Crippen LogP contribution in [-0.4, -0.2) is 36.5 Å². The summed E-state index contributed by atoms with van der Waals surface area (Å²) in [5, 5.41) is 12.1. The molecule has 0 rings (SSSR count). The second kappa shape index (κ2) is 4.80. The van der Waals surface area contributed by atoms with Crippen LogP contribution < -0.4 is 5.32 Å². The molecule has 0 aromatic heterocycles. The van der Waals surface area contributed by atoms with E-state index in [9.17, 15) is 0 Å². The Hall–Kier alpha value is -0.120. The third-order valence-corrected chi connectivity index (χ3v) is 1.70. The Kier molecular flexibility index (Phi) is 4.75. The minimum absolute atomic E-state index is 0.0548. The minimum atomic E-state index is -0.196. The van der Waals surface area contributed by atoms with Crippen LogP contribution in [0.15, 0.2) is 0 Å². The number of rotatable bonds is 4. The van der Waals surface area contributed by atoms with Gasteiger partial charge in [-0.05, 0) is 34.7 Å². The van der Waals surface area contributed by atoms with E-state index < -0.39 is 0 Å². The van der Waals surface area contributed by atoms with Crippen molar-refractivity contribution in [3.63, 3.8) is 0 Å². The second-order valence-electron chi connectivity index (χ2n) is 4.03. The molecule has 0 bridgehead atoms. The van der Waals surface area contributed by atoms with Gasteiger partial charge in [0, 0.05) is 6.04 Å². The molecular formula is C9H21NO2. The molecule has 0 aliphatic heterocycles. The predicted molar refractivity (Wildman–Crippen MR) is 50.2 cm³/mol. The van der Waals surface area contributed by atoms with Gasteiger partial charge in [0.05, 0.1) is 18.3 Å². The summed E-state index contributed by atoms with van der Waals surface area (Å²) in [5.41, 5.74) is -0.196. The maximum Gasteiger partial charge on any atom is 0.0962 e. The smallest absolute Gasteiger partial charge is 0.0962 e. The maximum atomic E-state index is 9.03. The van der Waals surface area contributed by atoms with Gasteiger partial charge in [0.1, 0.15) is 0 Å². The van der Waals surface area contributed by atoms with Crippen molar-refractivity contribution < 1.29 is 9.84 Å². The number of aliphatic hydroxyl groups excluding tert-OH is 1. The van der Waals surface area contributed by atoms with Crippen LogP contribution in [0.25, 0.3) is 0 Å². The topological polar surface area (TPSA) is 41.5 Å². The van der Waals surface area contributed by atoms with Gasteiger partial charge >= 0.3 is 0 Å². The van der Waals surface area contributed by atoms with Gasteiger partial charge in [-0.15, -0.1) is 0 Å². The summed E-state index contributed by atoms with van der Waals surface area (Å²) in [6.45, 7) is 8.00. The fourth-order valence-corrected chi connectivity index (χ4v) is 0.937. The zero-order valence-corrected chi connectivity index (χ0v) is 8.72. The van der Waals surface area contributed by atoms with Crippen LogP contribution in [0.2, 0.25) is 0 Å². The molecule has 0 spiro atoms. The normalized spacial score (nSPS) is 17.5. The van der Waals surface area contributed by atoms with Crippen LogP contribution in [0.5, 0.6) is 0 Å². The number of hydrogen-bond acceptors (Lipinski definition) is 3. The Balaban J connectivity index is 3.99. The summed E-state index contributed by atoms with van der Waals surface area (Å²) in [7, 11) is 1.86. The molecule has 0 aliphatic rings. The minimum Gasteiger partial charge on any atom is -0.394 e. The first-order valence-corrected chi connectivity index (χ1v) is 4.36. The SMILES string of the molecule is CN[C@H](C)[C@@H](CO)OC(C)(C)C. The molecular weight excluding hydrogens is 154 g/mol. The van der Waals surface area contributed by atoms with Gasteiger partial charge in [0.15, 0.2) is 0 Å². The first-order valence-electron chi connectivity index (χ1n) is 4.36. The lowest BCUT2D eigenvalue weighted by atomic mass is 10.1. The van der Waals surface area contributed by atoms with Crippen molar-refractivity contribution in [1.29, 1.82) is 0 Å². The molecule has 3 heteroatoms. The van der Waals surface area contributed by atoms with Crippen LogP contribution in [-0.2, 0) is 4.74 Å². The van der Waals surface area contributed by atoms with E-state index in [1.807, 2.05) is 34.7 Å². The Bertz CT molecular complexity index is 120. The second-order valence-corrected chi connectivity index (χ2v) is 4.03. The Morgan fingerprint density at radius 1 is 1.42 bits per heavy atom. The molecule has 3 nitrogen and oxygen atoms in total. The third-order valence-electron chi connectivity index (χ3n) is 1.70. The Labute approximate surface area is 75.1 Å². The summed E-state index contributed by atoms with van der Waals surface area (Å²) in [6.07, 6.45) is -0.130. The van der Waals surface area contributed by atoms with Crippen LogP contribution in [0.4, 0.5) is 0 Å². The van der Waals surface area contributed by atoms with Gasteiger partial charge in [-0.2, -0.15) is 0 Å². The van der Waals surface area contributed by atoms with E-state index in [1.54, 1.807) is 0 Å². The first kappa shape index (κ1) is 11.9. The van der Waals surface area contributed by atoms with Crippen molar-refractivity contribution in [2.45, 2.75) is 45.4 Å². The average molecular weight is 175 g/mol. The number of likely N-dealkylation sites (N-methyl/N-ethyl adjacent to an activating group) is 1. The molecule has 12 heavy (non-hydrogen) atoms. The predicted octanol–water partition coefficient (Wildman–Crippen LogP) is 0.770. The lowest BCUT2D eigenvalue weighted by Crippen LogP contribution is -2.43. The van der Waals surface area contributed by atoms with Gasteiger partial charge in [0.25, 0.3) is 0 Å². The molecule has 0 fully saturated rings. The molecule has 0 heterocycles. The van der Waals surface area contributed by atoms with E-state index in [-0.39, 0.29) is 24.4 Å². The number of nitrogens with one attached hydrogen (secondary N) is 1. The maximum absolute atomic E-state index is 9.03. The quantitative estimate of drug-likeness (QED) is 0.663. The highest BCUT2D eigenvalue weighted by molar-refractivity contribution is 4.74. The van der Waals surface area contributed by atoms with Gasteiger partial charge < -0.3 is 15.2 Å². The molecule has 0 saturated heterocycles. The van der Waals surface area contributed by atoms with Gasteiger partial charge in [-0.3, -0.25) is 0 Å². The van der Waals surface area contributed by atoms with Crippen LogP contribution >= 0.6 is 0 Å². The van der Waals surface area contributed by atoms with Gasteiger partial charge in [-0.25, -0.2) is 0 Å². The van der Waals surface area contributed by atoms with Crippen molar-refractivity contribution in [3.05, 3.63) is 0 Å². The van der Waals surface area contributed by atoms with E-state index in [2.05, 4.69) is 5.32 Å². The molecule has 0 aromatic carbocycles. The third kappa shape index (κ3) is 4.70. The van der Waals surface area contributed by atoms with E-state index in [4.69, 9.17) is 9.84 Å². The zero-order chi connectivity index (χ0) is 9.78. The molecule has 0 aliphatic carbocycles. The highest BCUT2D eigenvalue weighted by atomic mass is 16.5. The van der Waals surface area contributed by atoms with Crippen molar-refractivity contribution in [3.8, 4) is 0 Å². The van der Waals surface area contributed by atoms with E-state index in [0.29, 0.717) is 0 Å². The summed E-state index contributed by atoms with van der Waals surface area (Å²) in [6, 6.07) is 0.175. The largest absolute Gasteiger partial charge is 0.394 e. The molecule has 0 unspecified atom stereocenters. The van der Waals surface area contributed by atoms with Gasteiger partial charge in [-0.1, -0.05) is 0 Å². The molecule has 0 amide bonds. The Morgan fingerprint density at radius 3 is 2.17 bits per heavy atom. The molecule has 2 N–H and O–H groups in total. The van der Waals surface area contributed by atoms with Crippen LogP contribution in [0, 0.1) is 0 Å². The first-order chi connectivity index (χ1) is 5.40. The lowest BCUT2D eigenvalue weighted by Gasteiger charge is -2.30. The lowest BCUT2D eigenvalue weighted by molar-refractivity contribution is -0.0913. The summed E-state index contributed by atoms with van der Waals surface area (Å²) in [4.78, 5) is 0. The van der Waals surface area contributed by atoms with Crippen molar-refractivity contribution in [2.24, 2.45) is 0 Å². The average Bonchev–Trinajstić information content (AvgIpc) is 1.97. The molecule has 0 radical (unpaired) electrons. The van der Waals surface area contributed by atoms with E-state index in [1.165, 1.54) is 0 Å². The highest BCUT2D eigenvalue weighted by Gasteiger charge is 2.22. The fraction of sp³-hybridized carbons (Fsp3) is 1.00. The molecule has 74 valence electrons. The Morgan fingerprint density at radius 2 is 1.92 bits per heavy atom. The number of hydrogen-bond donors (Lipinski definition) is 2. The molecule has 0 aromatic rings.